The molecule has 0 bridgehead atoms. The summed E-state index contributed by atoms with van der Waals surface area (Å²) >= 11 is 0. The molecule has 8 heteroatoms. The third kappa shape index (κ3) is 2.73. The van der Waals surface area contributed by atoms with E-state index in [0.717, 1.165) is 36.7 Å². The molecule has 1 fully saturated rings. The van der Waals surface area contributed by atoms with Gasteiger partial charge in [-0.3, -0.25) is 4.90 Å². The van der Waals surface area contributed by atoms with E-state index in [9.17, 15) is 0 Å². The Kier molecular flexibility index (Phi) is 3.60. The fourth-order valence-electron chi connectivity index (χ4n) is 2.68. The van der Waals surface area contributed by atoms with Gasteiger partial charge in [0.05, 0.1) is 11.7 Å². The van der Waals surface area contributed by atoms with Gasteiger partial charge in [0.2, 0.25) is 0 Å². The van der Waals surface area contributed by atoms with Gasteiger partial charge in [-0.15, -0.1) is 0 Å². The largest absolute Gasteiger partial charge is 0.334 e. The van der Waals surface area contributed by atoms with Crippen molar-refractivity contribution < 1.29 is 4.52 Å². The lowest BCUT2D eigenvalue weighted by Gasteiger charge is -2.30. The first-order valence-electron chi connectivity index (χ1n) is 7.51. The Bertz CT molecular complexity index is 765. The first kappa shape index (κ1) is 14.0. The minimum absolute atomic E-state index is 0.149. The summed E-state index contributed by atoms with van der Waals surface area (Å²) in [6, 6.07) is 7.93. The number of rotatable bonds is 3. The fraction of sp³-hybridized carbons (Fsp3) is 0.333. The Balaban J connectivity index is 1.56. The number of aromatic nitrogens is 5. The van der Waals surface area contributed by atoms with Crippen molar-refractivity contribution in [2.75, 3.05) is 26.7 Å². The van der Waals surface area contributed by atoms with Crippen LogP contribution in [-0.4, -0.2) is 56.5 Å². The second-order valence-corrected chi connectivity index (χ2v) is 5.55. The monoisotopic (exact) mass is 311 g/mol. The summed E-state index contributed by atoms with van der Waals surface area (Å²) in [5.74, 6) is 1.25. The van der Waals surface area contributed by atoms with Crippen molar-refractivity contribution in [3.05, 3.63) is 42.7 Å². The molecule has 0 saturated carbocycles. The van der Waals surface area contributed by atoms with Gasteiger partial charge in [0.1, 0.15) is 12.7 Å². The van der Waals surface area contributed by atoms with Crippen LogP contribution in [0.3, 0.4) is 0 Å². The van der Waals surface area contributed by atoms with E-state index in [1.54, 1.807) is 11.0 Å². The van der Waals surface area contributed by atoms with Crippen LogP contribution in [-0.2, 0) is 0 Å². The van der Waals surface area contributed by atoms with E-state index in [4.69, 9.17) is 4.52 Å². The molecule has 8 nitrogen and oxygen atoms in total. The summed E-state index contributed by atoms with van der Waals surface area (Å²) < 4.78 is 7.13. The Hall–Kier alpha value is -2.58. The maximum absolute atomic E-state index is 5.43. The van der Waals surface area contributed by atoms with Gasteiger partial charge in [-0.1, -0.05) is 5.16 Å². The number of nitrogens with zero attached hydrogens (tertiary/aromatic N) is 6. The summed E-state index contributed by atoms with van der Waals surface area (Å²) in [5, 5.41) is 11.6. The summed E-state index contributed by atoms with van der Waals surface area (Å²) in [6.45, 7) is 2.79. The number of nitrogens with one attached hydrogen (secondary N) is 1. The average molecular weight is 311 g/mol. The molecule has 3 heterocycles. The normalized spacial score (nSPS) is 19.1. The van der Waals surface area contributed by atoms with Crippen LogP contribution < -0.4 is 5.32 Å². The zero-order valence-corrected chi connectivity index (χ0v) is 12.8. The van der Waals surface area contributed by atoms with Gasteiger partial charge in [0.15, 0.2) is 5.82 Å². The van der Waals surface area contributed by atoms with Crippen molar-refractivity contribution in [1.29, 1.82) is 0 Å². The minimum atomic E-state index is 0.149. The Morgan fingerprint density at radius 2 is 2.13 bits per heavy atom. The molecular formula is C15H17N7O. The van der Waals surface area contributed by atoms with Crippen molar-refractivity contribution in [2.24, 2.45) is 0 Å². The van der Waals surface area contributed by atoms with Crippen molar-refractivity contribution in [1.82, 2.24) is 35.1 Å². The standard InChI is InChI=1S/C15H17N7O/c1-21-7-6-16-8-13(21)14-19-15(23-20-14)11-2-4-12(5-3-11)22-10-17-9-18-22/h2-5,9-10,13,16H,6-8H2,1H3. The lowest BCUT2D eigenvalue weighted by molar-refractivity contribution is 0.190. The molecule has 0 amide bonds. The van der Waals surface area contributed by atoms with Gasteiger partial charge in [0.25, 0.3) is 5.89 Å². The number of benzene rings is 1. The van der Waals surface area contributed by atoms with Gasteiger partial charge in [-0.25, -0.2) is 9.67 Å². The maximum Gasteiger partial charge on any atom is 0.257 e. The molecule has 0 aliphatic carbocycles. The molecule has 118 valence electrons. The van der Waals surface area contributed by atoms with Gasteiger partial charge in [-0.2, -0.15) is 10.1 Å². The summed E-state index contributed by atoms with van der Waals surface area (Å²) in [4.78, 5) is 10.7. The van der Waals surface area contributed by atoms with Crippen LogP contribution >= 0.6 is 0 Å². The molecule has 0 spiro atoms. The number of hydrogen-bond acceptors (Lipinski definition) is 7. The molecule has 1 unspecified atom stereocenters. The lowest BCUT2D eigenvalue weighted by Crippen LogP contribution is -2.44. The number of hydrogen-bond donors (Lipinski definition) is 1. The highest BCUT2D eigenvalue weighted by atomic mass is 16.5. The number of piperazine rings is 1. The zero-order valence-electron chi connectivity index (χ0n) is 12.8. The lowest BCUT2D eigenvalue weighted by atomic mass is 10.2. The molecule has 4 rings (SSSR count). The van der Waals surface area contributed by atoms with Gasteiger partial charge < -0.3 is 9.84 Å². The highest BCUT2D eigenvalue weighted by molar-refractivity contribution is 5.55. The van der Waals surface area contributed by atoms with E-state index < -0.39 is 0 Å². The van der Waals surface area contributed by atoms with Crippen LogP contribution in [0.2, 0.25) is 0 Å². The predicted octanol–water partition coefficient (Wildman–Crippen LogP) is 0.893. The topological polar surface area (TPSA) is 84.9 Å². The molecule has 1 saturated heterocycles. The van der Waals surface area contributed by atoms with Gasteiger partial charge in [-0.05, 0) is 31.3 Å². The first-order chi connectivity index (χ1) is 11.3. The van der Waals surface area contributed by atoms with Crippen molar-refractivity contribution in [2.45, 2.75) is 6.04 Å². The Labute approximate surface area is 133 Å². The van der Waals surface area contributed by atoms with Crippen LogP contribution in [0.5, 0.6) is 0 Å². The second-order valence-electron chi connectivity index (χ2n) is 5.55. The number of likely N-dealkylation sites (N-methyl/N-ethyl adjacent to an activating group) is 1. The molecule has 1 atom stereocenters. The third-order valence-corrected chi connectivity index (χ3v) is 4.05. The molecular weight excluding hydrogens is 294 g/mol. The molecule has 1 aliphatic heterocycles. The van der Waals surface area contributed by atoms with E-state index in [1.807, 2.05) is 24.3 Å². The van der Waals surface area contributed by atoms with Gasteiger partial charge in [0, 0.05) is 25.2 Å². The van der Waals surface area contributed by atoms with Crippen LogP contribution in [0.25, 0.3) is 17.1 Å². The Morgan fingerprint density at radius 3 is 2.87 bits per heavy atom. The van der Waals surface area contributed by atoms with Gasteiger partial charge >= 0.3 is 0 Å². The van der Waals surface area contributed by atoms with Crippen LogP contribution in [0.1, 0.15) is 11.9 Å². The highest BCUT2D eigenvalue weighted by Gasteiger charge is 2.25. The third-order valence-electron chi connectivity index (χ3n) is 4.05. The molecule has 0 radical (unpaired) electrons. The molecule has 1 aromatic carbocycles. The van der Waals surface area contributed by atoms with E-state index in [0.29, 0.717) is 5.89 Å². The highest BCUT2D eigenvalue weighted by Crippen LogP contribution is 2.23. The molecule has 2 aromatic heterocycles. The minimum Gasteiger partial charge on any atom is -0.334 e. The molecule has 23 heavy (non-hydrogen) atoms. The van der Waals surface area contributed by atoms with Crippen LogP contribution in [0.15, 0.2) is 41.4 Å². The second kappa shape index (κ2) is 5.90. The smallest absolute Gasteiger partial charge is 0.257 e. The van der Waals surface area contributed by atoms with Crippen molar-refractivity contribution in [3.8, 4) is 17.1 Å². The summed E-state index contributed by atoms with van der Waals surface area (Å²) in [7, 11) is 2.08. The first-order valence-corrected chi connectivity index (χ1v) is 7.51. The van der Waals surface area contributed by atoms with Crippen molar-refractivity contribution >= 4 is 0 Å². The van der Waals surface area contributed by atoms with Crippen LogP contribution in [0.4, 0.5) is 0 Å². The quantitative estimate of drug-likeness (QED) is 0.769. The van der Waals surface area contributed by atoms with E-state index in [-0.39, 0.29) is 6.04 Å². The Morgan fingerprint density at radius 1 is 1.26 bits per heavy atom. The predicted molar refractivity (Wildman–Crippen MR) is 82.9 cm³/mol. The summed E-state index contributed by atoms with van der Waals surface area (Å²) in [6.07, 6.45) is 3.17. The SMILES string of the molecule is CN1CCNCC1c1noc(-c2ccc(-n3cncn3)cc2)n1. The maximum atomic E-state index is 5.43. The van der Waals surface area contributed by atoms with E-state index in [2.05, 4.69) is 37.5 Å². The molecule has 3 aromatic rings. The molecule has 1 N–H and O–H groups in total. The zero-order chi connectivity index (χ0) is 15.6. The van der Waals surface area contributed by atoms with Crippen molar-refractivity contribution in [3.63, 3.8) is 0 Å². The fourth-order valence-corrected chi connectivity index (χ4v) is 2.68. The van der Waals surface area contributed by atoms with E-state index >= 15 is 0 Å². The summed E-state index contributed by atoms with van der Waals surface area (Å²) in [5.41, 5.74) is 1.82. The van der Waals surface area contributed by atoms with Crippen LogP contribution in [0, 0.1) is 0 Å². The average Bonchev–Trinajstić information content (AvgIpc) is 3.27. The molecule has 1 aliphatic rings. The van der Waals surface area contributed by atoms with E-state index in [1.165, 1.54) is 6.33 Å².